The summed E-state index contributed by atoms with van der Waals surface area (Å²) in [6.45, 7) is 5.16. The molecule has 0 aliphatic carbocycles. The molecular formula is C29H33F5N2O6. The summed E-state index contributed by atoms with van der Waals surface area (Å²) in [4.78, 5) is 27.1. The van der Waals surface area contributed by atoms with E-state index in [0.717, 1.165) is 17.0 Å². The Hall–Kier alpha value is -3.61. The lowest BCUT2D eigenvalue weighted by Gasteiger charge is -2.31. The molecule has 0 spiro atoms. The number of carbonyl (C=O) groups excluding carboxylic acids is 2. The van der Waals surface area contributed by atoms with Gasteiger partial charge in [0.1, 0.15) is 11.3 Å². The van der Waals surface area contributed by atoms with E-state index in [1.54, 1.807) is 39.0 Å². The Morgan fingerprint density at radius 1 is 1.05 bits per heavy atom. The van der Waals surface area contributed by atoms with Crippen LogP contribution in [0.25, 0.3) is 0 Å². The van der Waals surface area contributed by atoms with E-state index in [1.165, 1.54) is 0 Å². The van der Waals surface area contributed by atoms with E-state index in [4.69, 9.17) is 14.2 Å². The number of urea groups is 1. The zero-order valence-electron chi connectivity index (χ0n) is 23.4. The topological polar surface area (TPSA) is 97.3 Å². The largest absolute Gasteiger partial charge is 0.493 e. The molecule has 1 fully saturated rings. The molecule has 2 aromatic rings. The van der Waals surface area contributed by atoms with E-state index in [9.17, 15) is 36.6 Å². The first-order valence-corrected chi connectivity index (χ1v) is 13.7. The predicted octanol–water partition coefficient (Wildman–Crippen LogP) is 5.57. The monoisotopic (exact) mass is 600 g/mol. The lowest BCUT2D eigenvalue weighted by Crippen LogP contribution is -2.48. The molecule has 1 saturated heterocycles. The minimum atomic E-state index is -5.60. The number of nitrogens with zero attached hydrogens (tertiary/aromatic N) is 1. The van der Waals surface area contributed by atoms with Gasteiger partial charge in [-0.05, 0) is 72.7 Å². The number of hydrogen-bond donors (Lipinski definition) is 2. The summed E-state index contributed by atoms with van der Waals surface area (Å²) >= 11 is 0. The lowest BCUT2D eigenvalue weighted by atomic mass is 9.88. The average Bonchev–Trinajstić information content (AvgIpc) is 3.48. The van der Waals surface area contributed by atoms with E-state index in [0.29, 0.717) is 29.9 Å². The van der Waals surface area contributed by atoms with Gasteiger partial charge in [-0.1, -0.05) is 32.8 Å². The fourth-order valence-electron chi connectivity index (χ4n) is 5.18. The molecule has 2 aliphatic rings. The molecule has 2 aliphatic heterocycles. The normalized spacial score (nSPS) is 19.8. The zero-order chi connectivity index (χ0) is 30.9. The predicted molar refractivity (Wildman–Crippen MR) is 141 cm³/mol. The number of fused-ring (bicyclic) bond motifs is 1. The molecule has 2 heterocycles. The number of nitrogens with one attached hydrogen (secondary N) is 1. The minimum Gasteiger partial charge on any atom is -0.493 e. The first-order chi connectivity index (χ1) is 19.8. The number of amides is 3. The summed E-state index contributed by atoms with van der Waals surface area (Å²) in [7, 11) is 0. The Balaban J connectivity index is 1.50. The van der Waals surface area contributed by atoms with Crippen molar-refractivity contribution in [3.63, 3.8) is 0 Å². The van der Waals surface area contributed by atoms with Gasteiger partial charge in [0, 0.05) is 6.54 Å². The molecule has 2 unspecified atom stereocenters. The fraction of sp³-hybridized carbons (Fsp3) is 0.517. The van der Waals surface area contributed by atoms with Crippen LogP contribution in [0.2, 0.25) is 0 Å². The van der Waals surface area contributed by atoms with Crippen molar-refractivity contribution in [1.29, 1.82) is 0 Å². The van der Waals surface area contributed by atoms with Gasteiger partial charge in [-0.25, -0.2) is 13.6 Å². The standard InChI is InChI=1S/C29H33F5N2O6/c1-4-7-17-13-20(28(39,24(30)31)29(32,33)34)14-18(8-5-2)23(17)40-12-6-11-36-25(37)27(3,35-26(36)38)19-9-10-21-22(15-19)42-16-41-21/h9-10,13-15,24,39H,4-8,11-12,16H2,1-3H3,(H,35,38). The highest BCUT2D eigenvalue weighted by atomic mass is 19.4. The number of imide groups is 1. The minimum absolute atomic E-state index is 0.00563. The molecule has 4 rings (SSSR count). The van der Waals surface area contributed by atoms with Crippen LogP contribution in [0.1, 0.15) is 62.3 Å². The van der Waals surface area contributed by atoms with Crippen LogP contribution >= 0.6 is 0 Å². The van der Waals surface area contributed by atoms with Crippen molar-refractivity contribution < 1.29 is 50.9 Å². The summed E-state index contributed by atoms with van der Waals surface area (Å²) in [5, 5.41) is 12.8. The van der Waals surface area contributed by atoms with Crippen LogP contribution in [0.15, 0.2) is 30.3 Å². The second-order valence-electron chi connectivity index (χ2n) is 10.5. The Bertz CT molecular complexity index is 1310. The maximum Gasteiger partial charge on any atom is 0.427 e. The van der Waals surface area contributed by atoms with E-state index < -0.39 is 41.2 Å². The summed E-state index contributed by atoms with van der Waals surface area (Å²) < 4.78 is 84.7. The van der Waals surface area contributed by atoms with Gasteiger partial charge in [0.2, 0.25) is 12.4 Å². The summed E-state index contributed by atoms with van der Waals surface area (Å²) in [6, 6.07) is 6.21. The van der Waals surface area contributed by atoms with Crippen LogP contribution in [0, 0.1) is 0 Å². The van der Waals surface area contributed by atoms with Gasteiger partial charge in [0.25, 0.3) is 12.3 Å². The molecule has 13 heteroatoms. The number of halogens is 5. The van der Waals surface area contributed by atoms with Gasteiger partial charge in [0.15, 0.2) is 11.5 Å². The number of aliphatic hydroxyl groups is 1. The third kappa shape index (κ3) is 5.58. The first-order valence-electron chi connectivity index (χ1n) is 13.7. The number of alkyl halides is 5. The van der Waals surface area contributed by atoms with Gasteiger partial charge in [-0.15, -0.1) is 0 Å². The smallest absolute Gasteiger partial charge is 0.427 e. The molecule has 0 bridgehead atoms. The van der Waals surface area contributed by atoms with Crippen LogP contribution in [0.3, 0.4) is 0 Å². The highest BCUT2D eigenvalue weighted by Gasteiger charge is 2.62. The first kappa shape index (κ1) is 31.3. The van der Waals surface area contributed by atoms with Gasteiger partial charge >= 0.3 is 12.2 Å². The molecule has 2 aromatic carbocycles. The van der Waals surface area contributed by atoms with Gasteiger partial charge < -0.3 is 24.6 Å². The molecular weight excluding hydrogens is 567 g/mol. The number of aryl methyl sites for hydroxylation is 2. The molecule has 2 N–H and O–H groups in total. The van der Waals surface area contributed by atoms with Crippen LogP contribution < -0.4 is 19.5 Å². The second-order valence-corrected chi connectivity index (χ2v) is 10.5. The average molecular weight is 601 g/mol. The highest BCUT2D eigenvalue weighted by Crippen LogP contribution is 2.45. The molecule has 42 heavy (non-hydrogen) atoms. The number of benzene rings is 2. The quantitative estimate of drug-likeness (QED) is 0.188. The lowest BCUT2D eigenvalue weighted by molar-refractivity contribution is -0.305. The summed E-state index contributed by atoms with van der Waals surface area (Å²) in [5.74, 6) is 0.765. The molecule has 0 radical (unpaired) electrons. The molecule has 0 saturated carbocycles. The number of hydrogen-bond acceptors (Lipinski definition) is 6. The Morgan fingerprint density at radius 2 is 1.67 bits per heavy atom. The van der Waals surface area contributed by atoms with Crippen molar-refractivity contribution in [3.8, 4) is 17.2 Å². The maximum absolute atomic E-state index is 13.6. The summed E-state index contributed by atoms with van der Waals surface area (Å²) in [6.07, 6.45) is -8.11. The number of ether oxygens (including phenoxy) is 3. The highest BCUT2D eigenvalue weighted by molar-refractivity contribution is 6.07. The van der Waals surface area contributed by atoms with Gasteiger partial charge in [-0.2, -0.15) is 13.2 Å². The van der Waals surface area contributed by atoms with Crippen LogP contribution in [0.4, 0.5) is 26.7 Å². The third-order valence-electron chi connectivity index (χ3n) is 7.47. The number of rotatable bonds is 12. The van der Waals surface area contributed by atoms with Crippen molar-refractivity contribution in [2.75, 3.05) is 19.9 Å². The van der Waals surface area contributed by atoms with Gasteiger partial charge in [0.05, 0.1) is 6.61 Å². The summed E-state index contributed by atoms with van der Waals surface area (Å²) in [5.41, 5.74) is -5.58. The Labute approximate surface area is 239 Å². The SMILES string of the molecule is CCCc1cc(C(O)(C(F)F)C(F)(F)F)cc(CCC)c1OCCCN1C(=O)NC(C)(c2ccc3c(c2)OCO3)C1=O. The van der Waals surface area contributed by atoms with Crippen LogP contribution in [0.5, 0.6) is 17.2 Å². The molecule has 230 valence electrons. The third-order valence-corrected chi connectivity index (χ3v) is 7.47. The Morgan fingerprint density at radius 3 is 2.24 bits per heavy atom. The van der Waals surface area contributed by atoms with Crippen molar-refractivity contribution >= 4 is 11.9 Å². The molecule has 8 nitrogen and oxygen atoms in total. The second kappa shape index (κ2) is 11.9. The van der Waals surface area contributed by atoms with Crippen molar-refractivity contribution in [2.45, 2.75) is 76.6 Å². The van der Waals surface area contributed by atoms with Crippen molar-refractivity contribution in [1.82, 2.24) is 10.2 Å². The maximum atomic E-state index is 13.6. The van der Waals surface area contributed by atoms with Crippen molar-refractivity contribution in [3.05, 3.63) is 52.6 Å². The van der Waals surface area contributed by atoms with Crippen molar-refractivity contribution in [2.24, 2.45) is 0 Å². The van der Waals surface area contributed by atoms with E-state index in [2.05, 4.69) is 5.32 Å². The number of carbonyl (C=O) groups is 2. The van der Waals surface area contributed by atoms with E-state index in [1.807, 2.05) is 0 Å². The molecule has 3 amide bonds. The molecule has 2 atom stereocenters. The fourth-order valence-corrected chi connectivity index (χ4v) is 5.18. The molecule has 0 aromatic heterocycles. The Kier molecular flexibility index (Phi) is 8.91. The van der Waals surface area contributed by atoms with Gasteiger partial charge in [-0.3, -0.25) is 9.69 Å². The van der Waals surface area contributed by atoms with Crippen LogP contribution in [-0.4, -0.2) is 54.5 Å². The van der Waals surface area contributed by atoms with Crippen LogP contribution in [-0.2, 0) is 28.8 Å². The van der Waals surface area contributed by atoms with E-state index >= 15 is 0 Å². The van der Waals surface area contributed by atoms with E-state index in [-0.39, 0.29) is 56.1 Å². The zero-order valence-corrected chi connectivity index (χ0v) is 23.4.